The lowest BCUT2D eigenvalue weighted by atomic mass is 9.72. The fourth-order valence-corrected chi connectivity index (χ4v) is 6.06. The van der Waals surface area contributed by atoms with Crippen LogP contribution in [0.3, 0.4) is 0 Å². The number of rotatable bonds is 12. The van der Waals surface area contributed by atoms with E-state index in [4.69, 9.17) is 0 Å². The first-order valence-electron chi connectivity index (χ1n) is 15.4. The summed E-state index contributed by atoms with van der Waals surface area (Å²) in [4.78, 5) is 55.4. The highest BCUT2D eigenvalue weighted by Crippen LogP contribution is 2.35. The molecule has 1 aromatic carbocycles. The van der Waals surface area contributed by atoms with Crippen molar-refractivity contribution in [1.29, 1.82) is 0 Å². The van der Waals surface area contributed by atoms with E-state index in [2.05, 4.69) is 42.7 Å². The summed E-state index contributed by atoms with van der Waals surface area (Å²) in [6.07, 6.45) is 5.39. The molecule has 1 aliphatic carbocycles. The Bertz CT molecular complexity index is 1290. The van der Waals surface area contributed by atoms with E-state index < -0.39 is 29.2 Å². The van der Waals surface area contributed by atoms with Gasteiger partial charge in [0.2, 0.25) is 11.8 Å². The van der Waals surface area contributed by atoms with Gasteiger partial charge in [-0.3, -0.25) is 14.4 Å². The number of hydrogen-bond acceptors (Lipinski definition) is 9. The Morgan fingerprint density at radius 1 is 1.16 bits per heavy atom. The number of carbonyl (C=O) groups excluding carboxylic acids is 4. The molecular formula is C31H44FN7O5. The quantitative estimate of drug-likeness (QED) is 0.307. The van der Waals surface area contributed by atoms with Crippen LogP contribution in [0.5, 0.6) is 0 Å². The molecule has 13 heteroatoms. The van der Waals surface area contributed by atoms with Crippen molar-refractivity contribution < 1.29 is 28.2 Å². The molecule has 0 unspecified atom stereocenters. The van der Waals surface area contributed by atoms with Crippen molar-refractivity contribution in [2.24, 2.45) is 11.8 Å². The number of halogens is 1. The Balaban J connectivity index is 1.52. The lowest BCUT2D eigenvalue weighted by Gasteiger charge is -2.40. The number of aldehydes is 1. The van der Waals surface area contributed by atoms with Gasteiger partial charge in [-0.2, -0.15) is 0 Å². The summed E-state index contributed by atoms with van der Waals surface area (Å²) in [6.45, 7) is 8.21. The van der Waals surface area contributed by atoms with Gasteiger partial charge in [0.25, 0.3) is 5.91 Å². The molecular weight excluding hydrogens is 569 g/mol. The highest BCUT2D eigenvalue weighted by atomic mass is 19.1. The van der Waals surface area contributed by atoms with E-state index in [1.807, 2.05) is 7.05 Å². The van der Waals surface area contributed by atoms with Crippen LogP contribution < -0.4 is 16.0 Å². The molecule has 2 aromatic rings. The van der Waals surface area contributed by atoms with Crippen LogP contribution in [0.4, 0.5) is 10.1 Å². The number of anilines is 1. The van der Waals surface area contributed by atoms with Crippen molar-refractivity contribution >= 4 is 29.7 Å². The molecule has 1 aliphatic heterocycles. The third kappa shape index (κ3) is 7.79. The van der Waals surface area contributed by atoms with Gasteiger partial charge in [0.15, 0.2) is 5.69 Å². The average Bonchev–Trinajstić information content (AvgIpc) is 3.58. The molecule has 1 aromatic heterocycles. The number of nitrogens with one attached hydrogen (secondary N) is 3. The fraction of sp³-hybridized carbons (Fsp3) is 0.613. The number of hydrogen-bond donors (Lipinski definition) is 3. The van der Waals surface area contributed by atoms with Crippen molar-refractivity contribution in [1.82, 2.24) is 30.7 Å². The Morgan fingerprint density at radius 2 is 1.86 bits per heavy atom. The molecule has 3 amide bonds. The third-order valence-electron chi connectivity index (χ3n) is 9.20. The van der Waals surface area contributed by atoms with E-state index in [-0.39, 0.29) is 42.1 Å². The number of piperazine rings is 1. The SMILES string of the molecule is CCC(=O)N[C@@H](C(=O)N1CCN(C)CC1)[C@@H](C)c1ccc(NC[C@](C=O)(NC(=O)c2cnon2)[C@H]2CC[C@H](C)CC2)c(F)c1. The molecule has 1 saturated carbocycles. The maximum atomic E-state index is 15.6. The van der Waals surface area contributed by atoms with E-state index in [1.165, 1.54) is 12.3 Å². The largest absolute Gasteiger partial charge is 0.380 e. The van der Waals surface area contributed by atoms with Crippen molar-refractivity contribution in [3.63, 3.8) is 0 Å². The topological polar surface area (TPSA) is 150 Å². The number of aromatic nitrogens is 2. The van der Waals surface area contributed by atoms with Gasteiger partial charge in [0.05, 0.1) is 5.69 Å². The van der Waals surface area contributed by atoms with E-state index in [0.29, 0.717) is 24.6 Å². The van der Waals surface area contributed by atoms with Gasteiger partial charge in [0, 0.05) is 45.1 Å². The molecule has 2 aliphatic rings. The summed E-state index contributed by atoms with van der Waals surface area (Å²) >= 11 is 0. The second-order valence-corrected chi connectivity index (χ2v) is 12.3. The molecule has 2 heterocycles. The molecule has 2 fully saturated rings. The zero-order chi connectivity index (χ0) is 31.9. The normalized spacial score (nSPS) is 21.9. The highest BCUT2D eigenvalue weighted by Gasteiger charge is 2.42. The van der Waals surface area contributed by atoms with Gasteiger partial charge >= 0.3 is 0 Å². The third-order valence-corrected chi connectivity index (χ3v) is 9.20. The monoisotopic (exact) mass is 613 g/mol. The summed E-state index contributed by atoms with van der Waals surface area (Å²) in [5, 5.41) is 15.8. The minimum absolute atomic E-state index is 0.0462. The lowest BCUT2D eigenvalue weighted by molar-refractivity contribution is -0.138. The summed E-state index contributed by atoms with van der Waals surface area (Å²) in [7, 11) is 2.00. The van der Waals surface area contributed by atoms with Crippen LogP contribution in [0.25, 0.3) is 0 Å². The van der Waals surface area contributed by atoms with E-state index >= 15 is 4.39 Å². The number of nitrogens with zero attached hydrogens (tertiary/aromatic N) is 4. The highest BCUT2D eigenvalue weighted by molar-refractivity contribution is 5.94. The van der Waals surface area contributed by atoms with Crippen LogP contribution in [-0.4, -0.2) is 95.5 Å². The summed E-state index contributed by atoms with van der Waals surface area (Å²) < 4.78 is 20.2. The number of likely N-dealkylation sites (N-methyl/N-ethyl adjacent to an activating group) is 1. The maximum absolute atomic E-state index is 15.6. The van der Waals surface area contributed by atoms with Crippen molar-refractivity contribution in [2.75, 3.05) is 45.1 Å². The first kappa shape index (κ1) is 33.0. The zero-order valence-electron chi connectivity index (χ0n) is 26.0. The van der Waals surface area contributed by atoms with Crippen LogP contribution in [0.1, 0.15) is 74.8 Å². The summed E-state index contributed by atoms with van der Waals surface area (Å²) in [5.41, 5.74) is -0.681. The fourth-order valence-electron chi connectivity index (χ4n) is 6.06. The molecule has 240 valence electrons. The number of carbonyl (C=O) groups is 4. The predicted molar refractivity (Wildman–Crippen MR) is 161 cm³/mol. The van der Waals surface area contributed by atoms with Crippen molar-refractivity contribution in [3.8, 4) is 0 Å². The molecule has 0 radical (unpaired) electrons. The first-order valence-corrected chi connectivity index (χ1v) is 15.4. The van der Waals surface area contributed by atoms with Gasteiger partial charge in [0.1, 0.15) is 29.9 Å². The number of benzene rings is 1. The Hall–Kier alpha value is -3.87. The van der Waals surface area contributed by atoms with E-state index in [1.54, 1.807) is 30.9 Å². The Kier molecular flexibility index (Phi) is 11.1. The Morgan fingerprint density at radius 3 is 2.45 bits per heavy atom. The molecule has 12 nitrogen and oxygen atoms in total. The van der Waals surface area contributed by atoms with E-state index in [9.17, 15) is 19.2 Å². The minimum Gasteiger partial charge on any atom is -0.380 e. The molecule has 44 heavy (non-hydrogen) atoms. The van der Waals surface area contributed by atoms with Crippen LogP contribution in [-0.2, 0) is 14.4 Å². The predicted octanol–water partition coefficient (Wildman–Crippen LogP) is 2.59. The van der Waals surface area contributed by atoms with E-state index in [0.717, 1.165) is 45.1 Å². The van der Waals surface area contributed by atoms with Crippen molar-refractivity contribution in [3.05, 3.63) is 41.5 Å². The van der Waals surface area contributed by atoms with Gasteiger partial charge in [-0.25, -0.2) is 9.02 Å². The standard InChI is InChI=1S/C31H44FN7O5/c1-5-27(41)35-28(30(43)39-14-12-38(4)13-15-39)21(3)22-8-11-25(24(32)16-22)33-18-31(19-40,23-9-6-20(2)7-10-23)36-29(42)26-17-34-44-37-26/h8,11,16-17,19-21,23,28,33H,5-7,9-10,12-15,18H2,1-4H3,(H,35,41)(H,36,42)/t20-,21-,23-,28+,31+/m0/s1. The van der Waals surface area contributed by atoms with Crippen molar-refractivity contribution in [2.45, 2.75) is 70.4 Å². The molecule has 0 spiro atoms. The second-order valence-electron chi connectivity index (χ2n) is 12.3. The molecule has 3 atom stereocenters. The maximum Gasteiger partial charge on any atom is 0.276 e. The molecule has 0 bridgehead atoms. The molecule has 4 rings (SSSR count). The minimum atomic E-state index is -1.32. The number of amides is 3. The first-order chi connectivity index (χ1) is 21.1. The van der Waals surface area contributed by atoms with Gasteiger partial charge in [-0.1, -0.05) is 44.8 Å². The van der Waals surface area contributed by atoms with Crippen LogP contribution >= 0.6 is 0 Å². The molecule has 3 N–H and O–H groups in total. The summed E-state index contributed by atoms with van der Waals surface area (Å²) in [6, 6.07) is 3.77. The lowest BCUT2D eigenvalue weighted by Crippen LogP contribution is -2.60. The average molecular weight is 614 g/mol. The van der Waals surface area contributed by atoms with Crippen LogP contribution in [0.2, 0.25) is 0 Å². The Labute approximate surface area is 257 Å². The van der Waals surface area contributed by atoms with Gasteiger partial charge in [-0.05, 0) is 54.6 Å². The van der Waals surface area contributed by atoms with Crippen LogP contribution in [0.15, 0.2) is 29.0 Å². The van der Waals surface area contributed by atoms with Gasteiger partial charge in [-0.15, -0.1) is 0 Å². The van der Waals surface area contributed by atoms with Crippen LogP contribution in [0, 0.1) is 17.7 Å². The molecule has 1 saturated heterocycles. The second kappa shape index (κ2) is 14.7. The van der Waals surface area contributed by atoms with Gasteiger partial charge < -0.3 is 30.5 Å². The summed E-state index contributed by atoms with van der Waals surface area (Å²) in [5.74, 6) is -1.78. The smallest absolute Gasteiger partial charge is 0.276 e. The zero-order valence-corrected chi connectivity index (χ0v) is 26.0.